The van der Waals surface area contributed by atoms with Crippen LogP contribution in [0.15, 0.2) is 49.1 Å². The minimum atomic E-state index is -0.379. The van der Waals surface area contributed by atoms with Crippen LogP contribution in [-0.2, 0) is 58.9 Å². The predicted octanol–water partition coefficient (Wildman–Crippen LogP) is -2.82. The van der Waals surface area contributed by atoms with Crippen LogP contribution >= 0.6 is 0 Å². The second-order valence-corrected chi connectivity index (χ2v) is 29.1. The zero-order valence-corrected chi connectivity index (χ0v) is 71.8. The van der Waals surface area contributed by atoms with E-state index in [9.17, 15) is 71.9 Å². The highest BCUT2D eigenvalue weighted by atomic mass is 16.2. The van der Waals surface area contributed by atoms with Gasteiger partial charge in [-0.25, -0.2) is 24.3 Å². The van der Waals surface area contributed by atoms with Crippen molar-refractivity contribution < 1.29 is 71.9 Å². The van der Waals surface area contributed by atoms with Crippen LogP contribution in [-0.4, -0.2) is 370 Å². The number of nitrogens with zero attached hydrogens (tertiary/aromatic N) is 24. The van der Waals surface area contributed by atoms with Gasteiger partial charge in [-0.3, -0.25) is 86.2 Å². The molecule has 0 saturated carbocycles. The summed E-state index contributed by atoms with van der Waals surface area (Å²) in [5.74, 6) is -0.617. The number of likely N-dealkylation sites (N-methyl/N-ethyl adjacent to an activating group) is 4. The van der Waals surface area contributed by atoms with Crippen molar-refractivity contribution in [1.82, 2.24) is 159 Å². The summed E-state index contributed by atoms with van der Waals surface area (Å²) in [7, 11) is 26.6. The fraction of sp³-hybridized carbons (Fsp3) is 0.494. The summed E-state index contributed by atoms with van der Waals surface area (Å²) in [6.45, 7) is 12.2. The zero-order valence-electron chi connectivity index (χ0n) is 71.8. The first-order valence-corrected chi connectivity index (χ1v) is 39.5. The first-order chi connectivity index (χ1) is 58.6. The Bertz CT molecular complexity index is 4780. The number of hydrogen-bond acceptors (Lipinski definition) is 24. The maximum Gasteiger partial charge on any atom is 0.291 e. The van der Waals surface area contributed by atoms with Gasteiger partial charge in [0.15, 0.2) is 23.0 Å². The molecule has 0 unspecified atom stereocenters. The minimum absolute atomic E-state index is 0. The van der Waals surface area contributed by atoms with E-state index in [2.05, 4.69) is 87.8 Å². The van der Waals surface area contributed by atoms with Gasteiger partial charge in [-0.2, -0.15) is 15.2 Å². The number of rotatable bonds is 8. The third-order valence-electron chi connectivity index (χ3n) is 20.5. The normalized spacial score (nSPS) is 15.4. The molecule has 8 aliphatic rings. The van der Waals surface area contributed by atoms with Crippen molar-refractivity contribution in [2.45, 2.75) is 92.0 Å². The molecule has 0 aliphatic carbocycles. The summed E-state index contributed by atoms with van der Waals surface area (Å²) in [6, 6.07) is 6.36. The van der Waals surface area contributed by atoms with Crippen LogP contribution in [0.1, 0.15) is 197 Å². The second-order valence-electron chi connectivity index (χ2n) is 29.1. The first-order valence-electron chi connectivity index (χ1n) is 39.5. The van der Waals surface area contributed by atoms with Gasteiger partial charge >= 0.3 is 0 Å². The number of hydrogen-bond donors (Lipinski definition) is 8. The molecule has 0 spiro atoms. The summed E-state index contributed by atoms with van der Waals surface area (Å²) in [6.07, 6.45) is 10.2. The molecule has 47 heteroatoms. The lowest BCUT2D eigenvalue weighted by molar-refractivity contribution is 0.0735. The molecule has 8 aromatic heterocycles. The van der Waals surface area contributed by atoms with Crippen LogP contribution in [0.5, 0.6) is 0 Å². The van der Waals surface area contributed by atoms with Crippen LogP contribution in [0.2, 0.25) is 0 Å². The Morgan fingerprint density at radius 2 is 0.597 bits per heavy atom. The quantitative estimate of drug-likeness (QED) is 0.0761. The van der Waals surface area contributed by atoms with E-state index in [4.69, 9.17) is 0 Å². The summed E-state index contributed by atoms with van der Waals surface area (Å²) in [4.78, 5) is 203. The van der Waals surface area contributed by atoms with Crippen molar-refractivity contribution in [3.63, 3.8) is 0 Å². The number of aromatic nitrogens is 16. The number of carbonyl (C=O) groups is 15. The van der Waals surface area contributed by atoms with Gasteiger partial charge in [0.2, 0.25) is 17.5 Å². The number of fused-ring (bicyclic) bond motifs is 8. The van der Waals surface area contributed by atoms with Crippen molar-refractivity contribution in [1.29, 1.82) is 0 Å². The maximum atomic E-state index is 11.9. The molecule has 0 saturated heterocycles. The third-order valence-corrected chi connectivity index (χ3v) is 20.5. The van der Waals surface area contributed by atoms with Crippen molar-refractivity contribution in [3.05, 3.63) is 141 Å². The summed E-state index contributed by atoms with van der Waals surface area (Å²) < 4.78 is 13.6. The summed E-state index contributed by atoms with van der Waals surface area (Å²) in [5.41, 5.74) is 4.38. The summed E-state index contributed by atoms with van der Waals surface area (Å²) >= 11 is 0. The lowest BCUT2D eigenvalue weighted by atomic mass is 10.2. The number of aryl methyl sites for hydroxylation is 4. The summed E-state index contributed by atoms with van der Waals surface area (Å²) in [5, 5.41) is 36.3. The molecule has 668 valence electrons. The van der Waals surface area contributed by atoms with E-state index in [0.29, 0.717) is 109 Å². The molecule has 15 amide bonds. The average molecular weight is 1720 g/mol. The van der Waals surface area contributed by atoms with Gasteiger partial charge in [0.1, 0.15) is 40.0 Å². The molecule has 16 heterocycles. The number of nitrogens with one attached hydrogen (secondary N) is 8. The van der Waals surface area contributed by atoms with Crippen LogP contribution in [0, 0.1) is 0 Å². The molecule has 0 fully saturated rings. The third kappa shape index (κ3) is 22.4. The Morgan fingerprint density at radius 1 is 0.274 bits per heavy atom. The SMILES string of the molecule is C.CNC(=O)c1cc2n(c1)CCCN(C)C2=O.CNC(=O)c1cc2n(c1)CCN(C)C2=O.CNC(=O)c1cc2n(n1)CCCN(C)C2=O.CNC(=O)c1cc2n(n1)CCN(C)C2=O.CNC(=O)c1cn2c(n1)C(=O)N(C)CC2.CNC(=O)c1cn2c(n1)C(=O)N(C)CCC2.CNC(=O)c1nc2n(n1)CCCN(C)C2=O.CNC(=O)c1nc2n(n1)CCN(C)C2. The molecule has 8 N–H and O–H groups in total. The van der Waals surface area contributed by atoms with Crippen molar-refractivity contribution in [3.8, 4) is 0 Å². The van der Waals surface area contributed by atoms with E-state index in [1.165, 1.54) is 31.9 Å². The zero-order chi connectivity index (χ0) is 90.0. The van der Waals surface area contributed by atoms with E-state index in [-0.39, 0.29) is 125 Å². The Balaban J connectivity index is 0.000000176. The monoisotopic (exact) mass is 1720 g/mol. The van der Waals surface area contributed by atoms with E-state index in [1.54, 1.807) is 185 Å². The van der Waals surface area contributed by atoms with Gasteiger partial charge < -0.3 is 95.1 Å². The molecule has 47 nitrogen and oxygen atoms in total. The fourth-order valence-corrected chi connectivity index (χ4v) is 13.2. The highest BCUT2D eigenvalue weighted by Crippen LogP contribution is 2.21. The molecule has 0 bridgehead atoms. The largest absolute Gasteiger partial charge is 0.355 e. The van der Waals surface area contributed by atoms with E-state index in [0.717, 1.165) is 90.4 Å². The van der Waals surface area contributed by atoms with Gasteiger partial charge in [-0.15, -0.1) is 10.2 Å². The molecule has 0 atom stereocenters. The molecule has 0 radical (unpaired) electrons. The average Bonchev–Trinajstić information content (AvgIpc) is 1.89. The van der Waals surface area contributed by atoms with Crippen LogP contribution in [0.3, 0.4) is 0 Å². The van der Waals surface area contributed by atoms with Gasteiger partial charge in [-0.1, -0.05) is 7.43 Å². The topological polar surface area (TPSA) is 521 Å². The van der Waals surface area contributed by atoms with Crippen molar-refractivity contribution in [2.24, 2.45) is 0 Å². The molecule has 124 heavy (non-hydrogen) atoms. The molecule has 8 aromatic rings. The maximum absolute atomic E-state index is 11.9. The second kappa shape index (κ2) is 42.8. The molecule has 8 aliphatic heterocycles. The Kier molecular flexibility index (Phi) is 32.8. The molecule has 0 aromatic carbocycles. The molecule has 16 rings (SSSR count). The Morgan fingerprint density at radius 3 is 1.05 bits per heavy atom. The van der Waals surface area contributed by atoms with Gasteiger partial charge in [-0.05, 0) is 44.9 Å². The fourth-order valence-electron chi connectivity index (χ4n) is 13.2. The smallest absolute Gasteiger partial charge is 0.291 e. The van der Waals surface area contributed by atoms with E-state index in [1.807, 2.05) is 16.2 Å². The number of carbonyl (C=O) groups excluding carboxylic acids is 15. The number of amides is 15. The van der Waals surface area contributed by atoms with Crippen LogP contribution < -0.4 is 42.5 Å². The van der Waals surface area contributed by atoms with Crippen LogP contribution in [0.25, 0.3) is 0 Å². The van der Waals surface area contributed by atoms with E-state index >= 15 is 0 Å². The Hall–Kier alpha value is -14.3. The minimum Gasteiger partial charge on any atom is -0.355 e. The predicted molar refractivity (Wildman–Crippen MR) is 445 cm³/mol. The molecular formula is C77H110N32O15. The standard InChI is InChI=1S/C11H15N3O2.2C10H14N4O2.C10H13N3O2.C9H13N5O2.2C9H12N4O2.C8H13N5O.CH4/c1-12-10(15)8-6-9-11(16)13(2)4-3-5-14(9)7-8;1-11-9(15)7-6-14-5-3-4-13(2)10(16)8(14)12-7;1-11-9(15)7-6-8-10(16)13(2)4-3-5-14(8)12-7;1-11-9(14)7-5-8-10(15)12(2)3-4-13(8)6-7;1-10-8(15)6-11-7-9(16)13(2)4-3-5-14(7)12-6;1-10-8(14)6-5-13-4-3-12(2)9(15)7(13)11-6;1-10-8(14)6-5-7-9(15)12(2)3-4-13(7)11-6;1-9-8(14)7-10-6-5-12(2)3-4-13(6)11-7;/h6-7H,3-5H2,1-2H3,(H,12,15);2*6H,3-5H2,1-2H3,(H,11,15);5-6H,3-4H2,1-2H3,(H,11,14);3-5H2,1-2H3,(H,10,15);2*5H,3-4H2,1-2H3,(H,10,14);3-5H2,1-2H3,(H,9,14);1H4. The Labute approximate surface area is 714 Å². The molecular weight excluding hydrogens is 1610 g/mol. The lowest BCUT2D eigenvalue weighted by Gasteiger charge is -2.24. The highest BCUT2D eigenvalue weighted by Gasteiger charge is 2.32. The van der Waals surface area contributed by atoms with Crippen LogP contribution in [0.4, 0.5) is 0 Å². The van der Waals surface area contributed by atoms with Gasteiger partial charge in [0.25, 0.3) is 88.6 Å². The van der Waals surface area contributed by atoms with E-state index < -0.39 is 0 Å². The van der Waals surface area contributed by atoms with Gasteiger partial charge in [0, 0.05) is 234 Å². The van der Waals surface area contributed by atoms with Crippen molar-refractivity contribution in [2.75, 3.05) is 165 Å². The lowest BCUT2D eigenvalue weighted by Crippen LogP contribution is -2.37. The number of imidazole rings is 2. The highest BCUT2D eigenvalue weighted by molar-refractivity contribution is 6.03. The van der Waals surface area contributed by atoms with Crippen molar-refractivity contribution >= 4 is 88.6 Å². The van der Waals surface area contributed by atoms with Gasteiger partial charge in [0.05, 0.1) is 30.8 Å². The first kappa shape index (κ1) is 95.2.